The summed E-state index contributed by atoms with van der Waals surface area (Å²) < 4.78 is 38.3. The quantitative estimate of drug-likeness (QED) is 0.801. The van der Waals surface area contributed by atoms with Gasteiger partial charge in [0.05, 0.1) is 28.9 Å². The Labute approximate surface area is 148 Å². The van der Waals surface area contributed by atoms with E-state index >= 15 is 0 Å². The summed E-state index contributed by atoms with van der Waals surface area (Å²) in [5.41, 5.74) is -1.03. The fraction of sp³-hybridized carbons (Fsp3) is 0.500. The molecule has 1 aromatic rings. The van der Waals surface area contributed by atoms with E-state index in [1.54, 1.807) is 14.0 Å². The Morgan fingerprint density at radius 3 is 2.56 bits per heavy atom. The molecule has 9 heteroatoms. The van der Waals surface area contributed by atoms with Crippen molar-refractivity contribution >= 4 is 29.1 Å². The van der Waals surface area contributed by atoms with Crippen molar-refractivity contribution in [3.63, 3.8) is 0 Å². The first-order valence-electron chi connectivity index (χ1n) is 7.75. The molecule has 1 atom stereocenters. The number of carbonyl (C=O) groups is 2. The van der Waals surface area contributed by atoms with Crippen LogP contribution < -0.4 is 10.6 Å². The summed E-state index contributed by atoms with van der Waals surface area (Å²) in [6.07, 6.45) is -2.62. The highest BCUT2D eigenvalue weighted by atomic mass is 35.5. The van der Waals surface area contributed by atoms with Crippen LogP contribution in [0, 0.1) is 0 Å². The SMILES string of the molecule is C[C@H](C(=O)Nc1cc(C(F)(F)F)ccc1Cl)N(C)CC(=O)NC1CC1. The Kier molecular flexibility index (Phi) is 5.95. The minimum atomic E-state index is -4.53. The van der Waals surface area contributed by atoms with Crippen molar-refractivity contribution in [3.8, 4) is 0 Å². The lowest BCUT2D eigenvalue weighted by Gasteiger charge is -2.23. The van der Waals surface area contributed by atoms with Crippen molar-refractivity contribution in [2.24, 2.45) is 0 Å². The van der Waals surface area contributed by atoms with Crippen molar-refractivity contribution in [2.75, 3.05) is 18.9 Å². The smallest absolute Gasteiger partial charge is 0.352 e. The first-order valence-corrected chi connectivity index (χ1v) is 8.13. The van der Waals surface area contributed by atoms with Gasteiger partial charge in [0.2, 0.25) is 11.8 Å². The maximum atomic E-state index is 12.8. The lowest BCUT2D eigenvalue weighted by atomic mass is 10.2. The van der Waals surface area contributed by atoms with E-state index in [0.29, 0.717) is 0 Å². The van der Waals surface area contributed by atoms with E-state index in [2.05, 4.69) is 10.6 Å². The minimum Gasteiger partial charge on any atom is -0.352 e. The molecule has 1 saturated carbocycles. The molecule has 25 heavy (non-hydrogen) atoms. The van der Waals surface area contributed by atoms with Gasteiger partial charge >= 0.3 is 6.18 Å². The third kappa shape index (κ3) is 5.61. The summed E-state index contributed by atoms with van der Waals surface area (Å²) in [4.78, 5) is 25.5. The molecule has 0 unspecified atom stereocenters. The summed E-state index contributed by atoms with van der Waals surface area (Å²) in [6.45, 7) is 1.57. The number of halogens is 4. The number of nitrogens with one attached hydrogen (secondary N) is 2. The third-order valence-electron chi connectivity index (χ3n) is 3.93. The van der Waals surface area contributed by atoms with Crippen LogP contribution in [0.4, 0.5) is 18.9 Å². The third-order valence-corrected chi connectivity index (χ3v) is 4.26. The lowest BCUT2D eigenvalue weighted by molar-refractivity contribution is -0.137. The van der Waals surface area contributed by atoms with Crippen molar-refractivity contribution in [1.29, 1.82) is 0 Å². The number of benzene rings is 1. The predicted molar refractivity (Wildman–Crippen MR) is 88.3 cm³/mol. The summed E-state index contributed by atoms with van der Waals surface area (Å²) in [7, 11) is 1.59. The molecule has 2 N–H and O–H groups in total. The monoisotopic (exact) mass is 377 g/mol. The van der Waals surface area contributed by atoms with E-state index in [4.69, 9.17) is 11.6 Å². The van der Waals surface area contributed by atoms with E-state index in [1.165, 1.54) is 4.90 Å². The molecule has 0 heterocycles. The second-order valence-electron chi connectivity index (χ2n) is 6.11. The number of likely N-dealkylation sites (N-methyl/N-ethyl adjacent to an activating group) is 1. The summed E-state index contributed by atoms with van der Waals surface area (Å²) in [5.74, 6) is -0.746. The topological polar surface area (TPSA) is 61.4 Å². The first-order chi connectivity index (χ1) is 11.6. The first kappa shape index (κ1) is 19.5. The van der Waals surface area contributed by atoms with Gasteiger partial charge in [0, 0.05) is 6.04 Å². The molecule has 0 radical (unpaired) electrons. The van der Waals surface area contributed by atoms with Crippen LogP contribution in [0.5, 0.6) is 0 Å². The van der Waals surface area contributed by atoms with E-state index < -0.39 is 23.7 Å². The highest BCUT2D eigenvalue weighted by Gasteiger charge is 2.31. The zero-order valence-corrected chi connectivity index (χ0v) is 14.5. The number of nitrogens with zero attached hydrogens (tertiary/aromatic N) is 1. The zero-order chi connectivity index (χ0) is 18.8. The molecule has 0 bridgehead atoms. The number of amides is 2. The number of rotatable bonds is 6. The minimum absolute atomic E-state index is 0.00248. The van der Waals surface area contributed by atoms with Crippen LogP contribution in [-0.4, -0.2) is 42.4 Å². The Balaban J connectivity index is 1.98. The molecule has 0 aromatic heterocycles. The average Bonchev–Trinajstić information content (AvgIpc) is 3.31. The van der Waals surface area contributed by atoms with E-state index in [0.717, 1.165) is 31.0 Å². The normalized spacial score (nSPS) is 15.8. The van der Waals surface area contributed by atoms with Crippen molar-refractivity contribution in [2.45, 2.75) is 38.0 Å². The number of alkyl halides is 3. The molecule has 2 rings (SSSR count). The van der Waals surface area contributed by atoms with Crippen LogP contribution in [-0.2, 0) is 15.8 Å². The molecule has 5 nitrogen and oxygen atoms in total. The van der Waals surface area contributed by atoms with Crippen LogP contribution in [0.1, 0.15) is 25.3 Å². The summed E-state index contributed by atoms with van der Waals surface area (Å²) in [5, 5.41) is 5.19. The maximum absolute atomic E-state index is 12.8. The molecule has 0 saturated heterocycles. The van der Waals surface area contributed by atoms with Crippen molar-refractivity contribution < 1.29 is 22.8 Å². The Morgan fingerprint density at radius 2 is 2.00 bits per heavy atom. The fourth-order valence-electron chi connectivity index (χ4n) is 2.10. The molecule has 1 fully saturated rings. The number of anilines is 1. The molecule has 1 aromatic carbocycles. The van der Waals surface area contributed by atoms with Gasteiger partial charge in [-0.25, -0.2) is 0 Å². The zero-order valence-electron chi connectivity index (χ0n) is 13.8. The summed E-state index contributed by atoms with van der Waals surface area (Å²) in [6, 6.07) is 2.20. The van der Waals surface area contributed by atoms with Crippen LogP contribution in [0.3, 0.4) is 0 Å². The van der Waals surface area contributed by atoms with E-state index in [9.17, 15) is 22.8 Å². The van der Waals surface area contributed by atoms with Gasteiger partial charge in [-0.05, 0) is 45.0 Å². The van der Waals surface area contributed by atoms with Gasteiger partial charge in [-0.15, -0.1) is 0 Å². The summed E-state index contributed by atoms with van der Waals surface area (Å²) >= 11 is 5.86. The highest BCUT2D eigenvalue weighted by Crippen LogP contribution is 2.33. The maximum Gasteiger partial charge on any atom is 0.416 e. The van der Waals surface area contributed by atoms with E-state index in [-0.39, 0.29) is 29.2 Å². The molecule has 2 amide bonds. The second kappa shape index (κ2) is 7.61. The molecular formula is C16H19ClF3N3O2. The van der Waals surface area contributed by atoms with Crippen molar-refractivity contribution in [1.82, 2.24) is 10.2 Å². The van der Waals surface area contributed by atoms with Gasteiger partial charge < -0.3 is 10.6 Å². The largest absolute Gasteiger partial charge is 0.416 e. The van der Waals surface area contributed by atoms with Crippen LogP contribution in [0.2, 0.25) is 5.02 Å². The van der Waals surface area contributed by atoms with Gasteiger partial charge in [-0.2, -0.15) is 13.2 Å². The van der Waals surface area contributed by atoms with Crippen LogP contribution in [0.15, 0.2) is 18.2 Å². The lowest BCUT2D eigenvalue weighted by Crippen LogP contribution is -2.45. The molecule has 138 valence electrons. The molecular weight excluding hydrogens is 359 g/mol. The molecule has 0 aliphatic heterocycles. The standard InChI is InChI=1S/C16H19ClF3N3O2/c1-9(23(2)8-14(24)21-11-4-5-11)15(25)22-13-7-10(16(18,19)20)3-6-12(13)17/h3,6-7,9,11H,4-5,8H2,1-2H3,(H,21,24)(H,22,25)/t9-/m1/s1. The Bertz CT molecular complexity index is 663. The second-order valence-corrected chi connectivity index (χ2v) is 6.52. The van der Waals surface area contributed by atoms with Gasteiger partial charge in [-0.1, -0.05) is 11.6 Å². The number of carbonyl (C=O) groups excluding carboxylic acids is 2. The number of hydrogen-bond acceptors (Lipinski definition) is 3. The average molecular weight is 378 g/mol. The Morgan fingerprint density at radius 1 is 1.36 bits per heavy atom. The predicted octanol–water partition coefficient (Wildman–Crippen LogP) is 2.90. The Hall–Kier alpha value is -1.80. The van der Waals surface area contributed by atoms with Gasteiger partial charge in [0.15, 0.2) is 0 Å². The van der Waals surface area contributed by atoms with Crippen LogP contribution in [0.25, 0.3) is 0 Å². The molecule has 1 aliphatic carbocycles. The van der Waals surface area contributed by atoms with Gasteiger partial charge in [-0.3, -0.25) is 14.5 Å². The highest BCUT2D eigenvalue weighted by molar-refractivity contribution is 6.33. The van der Waals surface area contributed by atoms with Gasteiger partial charge in [0.1, 0.15) is 0 Å². The fourth-order valence-corrected chi connectivity index (χ4v) is 2.26. The van der Waals surface area contributed by atoms with E-state index in [1.807, 2.05) is 0 Å². The molecule has 1 aliphatic rings. The van der Waals surface area contributed by atoms with Gasteiger partial charge in [0.25, 0.3) is 0 Å². The van der Waals surface area contributed by atoms with Crippen LogP contribution >= 0.6 is 11.6 Å². The van der Waals surface area contributed by atoms with Crippen molar-refractivity contribution in [3.05, 3.63) is 28.8 Å². The molecule has 0 spiro atoms. The number of hydrogen-bond donors (Lipinski definition) is 2.